The van der Waals surface area contributed by atoms with Gasteiger partial charge in [-0.1, -0.05) is 6.92 Å². The third-order valence-electron chi connectivity index (χ3n) is 2.89. The molecule has 82 valence electrons. The first-order valence-electron chi connectivity index (χ1n) is 5.17. The molecule has 4 heteroatoms. The minimum atomic E-state index is 0.134. The molecule has 14 heavy (non-hydrogen) atoms. The Kier molecular flexibility index (Phi) is 4.35. The quantitative estimate of drug-likeness (QED) is 0.709. The largest absolute Gasteiger partial charge is 0.384 e. The molecule has 1 saturated heterocycles. The van der Waals surface area contributed by atoms with Crippen LogP contribution in [-0.2, 0) is 9.53 Å². The number of carbonyl (C=O) groups is 1. The minimum Gasteiger partial charge on any atom is -0.384 e. The summed E-state index contributed by atoms with van der Waals surface area (Å²) < 4.78 is 4.87. The maximum Gasteiger partial charge on any atom is 0.224 e. The van der Waals surface area contributed by atoms with Crippen molar-refractivity contribution in [2.45, 2.75) is 25.8 Å². The van der Waals surface area contributed by atoms with E-state index < -0.39 is 0 Å². The molecule has 1 heterocycles. The van der Waals surface area contributed by atoms with Crippen LogP contribution in [0.25, 0.3) is 0 Å². The molecule has 2 N–H and O–H groups in total. The summed E-state index contributed by atoms with van der Waals surface area (Å²) in [5, 5.41) is 0. The molecule has 0 aliphatic carbocycles. The van der Waals surface area contributed by atoms with Crippen molar-refractivity contribution in [1.82, 2.24) is 4.90 Å². The number of amides is 1. The number of nitrogens with two attached hydrogens (primary N) is 1. The average molecular weight is 200 g/mol. The maximum absolute atomic E-state index is 11.6. The van der Waals surface area contributed by atoms with E-state index in [0.29, 0.717) is 25.5 Å². The van der Waals surface area contributed by atoms with Crippen LogP contribution < -0.4 is 5.73 Å². The topological polar surface area (TPSA) is 55.6 Å². The van der Waals surface area contributed by atoms with Gasteiger partial charge in [0.25, 0.3) is 0 Å². The van der Waals surface area contributed by atoms with Crippen LogP contribution in [0.1, 0.15) is 19.8 Å². The number of carbonyl (C=O) groups excluding carboxylic acids is 1. The Morgan fingerprint density at radius 1 is 1.64 bits per heavy atom. The van der Waals surface area contributed by atoms with Crippen LogP contribution >= 0.6 is 0 Å². The van der Waals surface area contributed by atoms with E-state index in [0.717, 1.165) is 13.0 Å². The van der Waals surface area contributed by atoms with Crippen LogP contribution in [-0.4, -0.2) is 43.7 Å². The molecule has 0 radical (unpaired) electrons. The van der Waals surface area contributed by atoms with E-state index in [4.69, 9.17) is 10.5 Å². The van der Waals surface area contributed by atoms with Gasteiger partial charge >= 0.3 is 0 Å². The molecule has 0 saturated carbocycles. The summed E-state index contributed by atoms with van der Waals surface area (Å²) >= 11 is 0. The van der Waals surface area contributed by atoms with Gasteiger partial charge in [-0.05, 0) is 12.3 Å². The molecule has 4 nitrogen and oxygen atoms in total. The van der Waals surface area contributed by atoms with Crippen molar-refractivity contribution in [3.05, 3.63) is 0 Å². The average Bonchev–Trinajstić information content (AvgIpc) is 2.18. The van der Waals surface area contributed by atoms with Gasteiger partial charge in [-0.25, -0.2) is 0 Å². The molecule has 1 aliphatic heterocycles. The van der Waals surface area contributed by atoms with Gasteiger partial charge in [0.1, 0.15) is 0 Å². The molecule has 0 bridgehead atoms. The van der Waals surface area contributed by atoms with Gasteiger partial charge in [0.15, 0.2) is 0 Å². The van der Waals surface area contributed by atoms with Crippen molar-refractivity contribution in [3.8, 4) is 0 Å². The first-order chi connectivity index (χ1) is 6.65. The Morgan fingerprint density at radius 3 is 2.93 bits per heavy atom. The van der Waals surface area contributed by atoms with Crippen LogP contribution in [0.3, 0.4) is 0 Å². The first kappa shape index (κ1) is 11.5. The fourth-order valence-electron chi connectivity index (χ4n) is 1.67. The molecule has 1 aliphatic rings. The van der Waals surface area contributed by atoms with Gasteiger partial charge in [-0.2, -0.15) is 0 Å². The van der Waals surface area contributed by atoms with E-state index >= 15 is 0 Å². The lowest BCUT2D eigenvalue weighted by Gasteiger charge is -2.35. The lowest BCUT2D eigenvalue weighted by atomic mass is 9.94. The molecular formula is C10H20N2O2. The van der Waals surface area contributed by atoms with Crippen LogP contribution in [0.5, 0.6) is 0 Å². The highest BCUT2D eigenvalue weighted by atomic mass is 16.5. The summed E-state index contributed by atoms with van der Waals surface area (Å²) in [6, 6.07) is 0.134. The Bertz CT molecular complexity index is 197. The first-order valence-corrected chi connectivity index (χ1v) is 5.17. The lowest BCUT2D eigenvalue weighted by Crippen LogP contribution is -2.49. The van der Waals surface area contributed by atoms with Crippen molar-refractivity contribution in [2.24, 2.45) is 11.7 Å². The molecule has 1 fully saturated rings. The zero-order chi connectivity index (χ0) is 10.6. The van der Waals surface area contributed by atoms with E-state index in [1.165, 1.54) is 0 Å². The van der Waals surface area contributed by atoms with Crippen LogP contribution in [0.4, 0.5) is 0 Å². The van der Waals surface area contributed by atoms with E-state index in [9.17, 15) is 4.79 Å². The predicted octanol–water partition coefficient (Wildman–Crippen LogP) is 0.219. The van der Waals surface area contributed by atoms with Gasteiger partial charge in [-0.3, -0.25) is 4.79 Å². The number of rotatable bonds is 3. The van der Waals surface area contributed by atoms with Crippen LogP contribution in [0, 0.1) is 5.92 Å². The highest BCUT2D eigenvalue weighted by Gasteiger charge is 2.25. The fourth-order valence-corrected chi connectivity index (χ4v) is 1.67. The van der Waals surface area contributed by atoms with Gasteiger partial charge in [0.2, 0.25) is 5.91 Å². The summed E-state index contributed by atoms with van der Waals surface area (Å²) in [7, 11) is 1.61. The second-order valence-corrected chi connectivity index (χ2v) is 4.01. The standard InChI is InChI=1S/C10H20N2O2/c1-8-3-5-12(7-9(8)11)10(13)4-6-14-2/h8-9H,3-7,11H2,1-2H3. The maximum atomic E-state index is 11.6. The molecule has 0 aromatic heterocycles. The fraction of sp³-hybridized carbons (Fsp3) is 0.900. The molecule has 0 aromatic rings. The SMILES string of the molecule is COCCC(=O)N1CCC(C)C(N)C1. The van der Waals surface area contributed by atoms with Crippen molar-refractivity contribution >= 4 is 5.91 Å². The zero-order valence-corrected chi connectivity index (χ0v) is 9.03. The molecule has 1 amide bonds. The Morgan fingerprint density at radius 2 is 2.36 bits per heavy atom. The van der Waals surface area contributed by atoms with E-state index in [-0.39, 0.29) is 11.9 Å². The predicted molar refractivity (Wildman–Crippen MR) is 54.8 cm³/mol. The number of ether oxygens (including phenoxy) is 1. The summed E-state index contributed by atoms with van der Waals surface area (Å²) in [6.45, 7) is 4.18. The van der Waals surface area contributed by atoms with Gasteiger partial charge in [-0.15, -0.1) is 0 Å². The van der Waals surface area contributed by atoms with Crippen molar-refractivity contribution in [2.75, 3.05) is 26.8 Å². The Balaban J connectivity index is 2.34. The second kappa shape index (κ2) is 5.32. The van der Waals surface area contributed by atoms with Gasteiger partial charge in [0, 0.05) is 26.2 Å². The van der Waals surface area contributed by atoms with E-state index in [2.05, 4.69) is 6.92 Å². The van der Waals surface area contributed by atoms with Gasteiger partial charge in [0.05, 0.1) is 13.0 Å². The van der Waals surface area contributed by atoms with Crippen molar-refractivity contribution in [1.29, 1.82) is 0 Å². The Labute approximate surface area is 85.4 Å². The highest BCUT2D eigenvalue weighted by molar-refractivity contribution is 5.76. The van der Waals surface area contributed by atoms with E-state index in [1.54, 1.807) is 7.11 Å². The van der Waals surface area contributed by atoms with Crippen molar-refractivity contribution in [3.63, 3.8) is 0 Å². The summed E-state index contributed by atoms with van der Waals surface area (Å²) in [6.07, 6.45) is 1.48. The summed E-state index contributed by atoms with van der Waals surface area (Å²) in [5.74, 6) is 0.690. The third-order valence-corrected chi connectivity index (χ3v) is 2.89. The molecular weight excluding hydrogens is 180 g/mol. The second-order valence-electron chi connectivity index (χ2n) is 4.01. The molecule has 2 atom stereocenters. The van der Waals surface area contributed by atoms with Gasteiger partial charge < -0.3 is 15.4 Å². The lowest BCUT2D eigenvalue weighted by molar-refractivity contribution is -0.133. The smallest absolute Gasteiger partial charge is 0.224 e. The zero-order valence-electron chi connectivity index (χ0n) is 9.03. The molecule has 1 rings (SSSR count). The minimum absolute atomic E-state index is 0.134. The number of nitrogens with zero attached hydrogens (tertiary/aromatic N) is 1. The molecule has 0 aromatic carbocycles. The van der Waals surface area contributed by atoms with Crippen molar-refractivity contribution < 1.29 is 9.53 Å². The number of methoxy groups -OCH3 is 1. The summed E-state index contributed by atoms with van der Waals surface area (Å²) in [5.41, 5.74) is 5.91. The summed E-state index contributed by atoms with van der Waals surface area (Å²) in [4.78, 5) is 13.5. The normalized spacial score (nSPS) is 27.8. The number of hydrogen-bond donors (Lipinski definition) is 1. The van der Waals surface area contributed by atoms with Crippen LogP contribution in [0.2, 0.25) is 0 Å². The van der Waals surface area contributed by atoms with E-state index in [1.807, 2.05) is 4.90 Å². The molecule has 0 spiro atoms. The monoisotopic (exact) mass is 200 g/mol. The molecule has 2 unspecified atom stereocenters. The number of hydrogen-bond acceptors (Lipinski definition) is 3. The van der Waals surface area contributed by atoms with Crippen LogP contribution in [0.15, 0.2) is 0 Å². The Hall–Kier alpha value is -0.610. The number of piperidine rings is 1. The highest BCUT2D eigenvalue weighted by Crippen LogP contribution is 2.15. The third kappa shape index (κ3) is 2.96. The number of likely N-dealkylation sites (tertiary alicyclic amines) is 1.